The van der Waals surface area contributed by atoms with E-state index < -0.39 is 15.0 Å². The first-order chi connectivity index (χ1) is 11.8. The summed E-state index contributed by atoms with van der Waals surface area (Å²) in [6.45, 7) is 2.27. The highest BCUT2D eigenvalue weighted by atomic mass is 28.4. The summed E-state index contributed by atoms with van der Waals surface area (Å²) in [7, 11) is -4.61. The maximum absolute atomic E-state index is 10.3. The van der Waals surface area contributed by atoms with E-state index in [0.29, 0.717) is 6.42 Å². The van der Waals surface area contributed by atoms with Gasteiger partial charge in [-0.1, -0.05) is 96.8 Å². The van der Waals surface area contributed by atoms with E-state index in [9.17, 15) is 4.79 Å². The minimum atomic E-state index is -4.61. The second-order valence-corrected chi connectivity index (χ2v) is 7.89. The van der Waals surface area contributed by atoms with E-state index in [1.54, 1.807) is 0 Å². The normalized spacial score (nSPS) is 10.3. The van der Waals surface area contributed by atoms with Crippen molar-refractivity contribution in [3.8, 4) is 0 Å². The molecule has 0 aliphatic heterocycles. The highest BCUT2D eigenvalue weighted by Gasteiger charge is 2.22. The van der Waals surface area contributed by atoms with Gasteiger partial charge in [-0.3, -0.25) is 4.79 Å². The lowest BCUT2D eigenvalue weighted by Crippen LogP contribution is -2.33. The van der Waals surface area contributed by atoms with Crippen LogP contribution in [-0.4, -0.2) is 85.4 Å². The molecule has 0 unspecified atom stereocenters. The Morgan fingerprint density at radius 1 is 0.593 bits per heavy atom. The standard InChI is InChI=1S/C18H36O2.2Mg.H4O4Si.4H/c1-2-3-4-5-6-7-8-9-10-11-12-13-14-15-16-17-18(19)20;;;1-5(2,3)4;;;;/h2-17H2,1H3,(H,19,20);;;1-4H;;;;. The Kier molecular flexibility index (Phi) is 35.6. The predicted octanol–water partition coefficient (Wildman–Crippen LogP) is 1.89. The molecule has 0 saturated carbocycles. The third-order valence-corrected chi connectivity index (χ3v) is 3.99. The van der Waals surface area contributed by atoms with E-state index in [2.05, 4.69) is 6.92 Å². The van der Waals surface area contributed by atoms with Crippen LogP contribution in [0.5, 0.6) is 0 Å². The molecular weight excluding hydrogens is 389 g/mol. The number of carboxylic acid groups (broad SMARTS) is 1. The molecule has 0 amide bonds. The summed E-state index contributed by atoms with van der Waals surface area (Å²) in [6, 6.07) is 0. The van der Waals surface area contributed by atoms with Crippen LogP contribution in [0, 0.1) is 0 Å². The van der Waals surface area contributed by atoms with Crippen LogP contribution in [0.4, 0.5) is 0 Å². The number of unbranched alkanes of at least 4 members (excludes halogenated alkanes) is 14. The molecule has 0 atom stereocenters. The van der Waals surface area contributed by atoms with E-state index in [4.69, 9.17) is 24.3 Å². The quantitative estimate of drug-likeness (QED) is 0.188. The maximum Gasteiger partial charge on any atom is 0.668 e. The molecular formula is C18H44Mg2O6Si. The average molecular weight is 433 g/mol. The molecule has 6 nitrogen and oxygen atoms in total. The lowest BCUT2D eigenvalue weighted by atomic mass is 10.0. The molecule has 0 heterocycles. The second-order valence-electron chi connectivity index (χ2n) is 6.69. The Morgan fingerprint density at radius 3 is 1.04 bits per heavy atom. The van der Waals surface area contributed by atoms with Crippen molar-refractivity contribution in [3.63, 3.8) is 0 Å². The number of rotatable bonds is 16. The highest BCUT2D eigenvalue weighted by Crippen LogP contribution is 2.13. The fourth-order valence-electron chi connectivity index (χ4n) is 2.65. The third-order valence-electron chi connectivity index (χ3n) is 3.99. The van der Waals surface area contributed by atoms with E-state index in [0.717, 1.165) is 12.8 Å². The molecule has 0 rings (SSSR count). The van der Waals surface area contributed by atoms with Gasteiger partial charge < -0.3 is 24.3 Å². The molecule has 9 heteroatoms. The fourth-order valence-corrected chi connectivity index (χ4v) is 2.65. The largest absolute Gasteiger partial charge is 0.668 e. The van der Waals surface area contributed by atoms with Gasteiger partial charge in [-0.25, -0.2) is 0 Å². The highest BCUT2D eigenvalue weighted by molar-refractivity contribution is 6.46. The number of carbonyl (C=O) groups is 1. The lowest BCUT2D eigenvalue weighted by molar-refractivity contribution is -0.137. The lowest BCUT2D eigenvalue weighted by Gasteiger charge is -2.03. The Balaban J connectivity index is -0.000000333. The average Bonchev–Trinajstić information content (AvgIpc) is 2.49. The zero-order chi connectivity index (χ0) is 19.4. The molecule has 0 saturated heterocycles. The van der Waals surface area contributed by atoms with Crippen LogP contribution in [-0.2, 0) is 4.79 Å². The van der Waals surface area contributed by atoms with E-state index >= 15 is 0 Å². The number of carboxylic acids is 1. The number of hydrogen-bond acceptors (Lipinski definition) is 5. The maximum atomic E-state index is 10.3. The van der Waals surface area contributed by atoms with Gasteiger partial charge >= 0.3 is 61.1 Å². The van der Waals surface area contributed by atoms with Crippen molar-refractivity contribution in [2.75, 3.05) is 0 Å². The molecule has 0 bridgehead atoms. The first-order valence-electron chi connectivity index (χ1n) is 9.88. The van der Waals surface area contributed by atoms with Crippen LogP contribution in [0.3, 0.4) is 0 Å². The van der Waals surface area contributed by atoms with Crippen molar-refractivity contribution in [1.29, 1.82) is 0 Å². The molecule has 0 aromatic carbocycles. The van der Waals surface area contributed by atoms with Gasteiger partial charge in [0.1, 0.15) is 0 Å². The molecule has 5 N–H and O–H groups in total. The first kappa shape index (κ1) is 35.5. The van der Waals surface area contributed by atoms with Crippen molar-refractivity contribution in [2.45, 2.75) is 110 Å². The van der Waals surface area contributed by atoms with E-state index in [-0.39, 0.29) is 46.1 Å². The molecule has 0 radical (unpaired) electrons. The van der Waals surface area contributed by atoms with Crippen molar-refractivity contribution >= 4 is 61.1 Å². The van der Waals surface area contributed by atoms with Gasteiger partial charge in [0.2, 0.25) is 0 Å². The second kappa shape index (κ2) is 27.1. The van der Waals surface area contributed by atoms with E-state index in [1.165, 1.54) is 83.5 Å². The Bertz CT molecular complexity index is 286. The smallest absolute Gasteiger partial charge is 0.481 e. The first-order valence-corrected chi connectivity index (χ1v) is 11.7. The van der Waals surface area contributed by atoms with Gasteiger partial charge in [-0.2, -0.15) is 0 Å². The minimum Gasteiger partial charge on any atom is -0.481 e. The van der Waals surface area contributed by atoms with Gasteiger partial charge in [-0.15, -0.1) is 0 Å². The predicted molar refractivity (Wildman–Crippen MR) is 119 cm³/mol. The summed E-state index contributed by atoms with van der Waals surface area (Å²) in [5.41, 5.74) is 0. The zero-order valence-corrected chi connectivity index (χ0v) is 17.0. The van der Waals surface area contributed by atoms with Crippen molar-refractivity contribution < 1.29 is 29.1 Å². The zero-order valence-electron chi connectivity index (χ0n) is 16.0. The molecule has 0 spiro atoms. The molecule has 0 aliphatic carbocycles. The van der Waals surface area contributed by atoms with Gasteiger partial charge in [-0.05, 0) is 6.42 Å². The van der Waals surface area contributed by atoms with Crippen LogP contribution in [0.1, 0.15) is 110 Å². The van der Waals surface area contributed by atoms with Gasteiger partial charge in [0.15, 0.2) is 0 Å². The summed E-state index contributed by atoms with van der Waals surface area (Å²) in [5.74, 6) is -0.653. The molecule has 0 aliphatic rings. The summed E-state index contributed by atoms with van der Waals surface area (Å²) in [5, 5.41) is 8.52. The Morgan fingerprint density at radius 2 is 0.815 bits per heavy atom. The summed E-state index contributed by atoms with van der Waals surface area (Å²) < 4.78 is 0. The molecule has 0 fully saturated rings. The van der Waals surface area contributed by atoms with Crippen LogP contribution in [0.15, 0.2) is 0 Å². The van der Waals surface area contributed by atoms with Crippen molar-refractivity contribution in [2.24, 2.45) is 0 Å². The van der Waals surface area contributed by atoms with Crippen molar-refractivity contribution in [1.82, 2.24) is 0 Å². The van der Waals surface area contributed by atoms with Gasteiger partial charge in [0.05, 0.1) is 0 Å². The topological polar surface area (TPSA) is 118 Å². The fraction of sp³-hybridized carbons (Fsp3) is 0.944. The summed E-state index contributed by atoms with van der Waals surface area (Å²) in [6.07, 6.45) is 20.2. The van der Waals surface area contributed by atoms with E-state index in [1.807, 2.05) is 0 Å². The molecule has 160 valence electrons. The van der Waals surface area contributed by atoms with Gasteiger partial charge in [0.25, 0.3) is 0 Å². The summed E-state index contributed by atoms with van der Waals surface area (Å²) in [4.78, 5) is 39.6. The monoisotopic (exact) mass is 432 g/mol. The molecule has 0 aromatic heterocycles. The van der Waals surface area contributed by atoms with Crippen molar-refractivity contribution in [3.05, 3.63) is 0 Å². The van der Waals surface area contributed by atoms with Crippen LogP contribution >= 0.6 is 0 Å². The van der Waals surface area contributed by atoms with Crippen LogP contribution < -0.4 is 0 Å². The summed E-state index contributed by atoms with van der Waals surface area (Å²) >= 11 is 0. The van der Waals surface area contributed by atoms with Crippen LogP contribution in [0.25, 0.3) is 0 Å². The van der Waals surface area contributed by atoms with Gasteiger partial charge in [0, 0.05) is 6.42 Å². The number of aliphatic carboxylic acids is 1. The number of hydrogen-bond donors (Lipinski definition) is 5. The minimum absolute atomic E-state index is 0. The Hall–Kier alpha value is 1.06. The Labute approximate surface area is 198 Å². The third kappa shape index (κ3) is 52.1. The molecule has 27 heavy (non-hydrogen) atoms. The molecule has 0 aromatic rings. The SMILES string of the molecule is CCCCCCCCCCCCCCCCCC(=O)O.O[Si](O)(O)O.[MgH2].[MgH2]. The van der Waals surface area contributed by atoms with Crippen LogP contribution in [0.2, 0.25) is 0 Å².